The quantitative estimate of drug-likeness (QED) is 0.500. The summed E-state index contributed by atoms with van der Waals surface area (Å²) in [5.74, 6) is -0.506. The molecule has 0 aliphatic rings. The van der Waals surface area contributed by atoms with E-state index < -0.39 is 22.4 Å². The molecule has 0 aromatic heterocycles. The minimum atomic E-state index is -0.704. The second kappa shape index (κ2) is 4.77. The highest BCUT2D eigenvalue weighted by atomic mass is 16.6. The molecule has 0 spiro atoms. The Morgan fingerprint density at radius 3 is 2.69 bits per heavy atom. The molecule has 0 heterocycles. The molecule has 0 amide bonds. The van der Waals surface area contributed by atoms with Gasteiger partial charge in [-0.2, -0.15) is 0 Å². The Hall–Kier alpha value is -1.86. The Bertz CT molecular complexity index is 408. The maximum Gasteiger partial charge on any atom is 0.314 e. The van der Waals surface area contributed by atoms with Gasteiger partial charge < -0.3 is 21.3 Å². The van der Waals surface area contributed by atoms with Crippen LogP contribution in [0.5, 0.6) is 11.5 Å². The topological polar surface area (TPSA) is 125 Å². The molecule has 0 saturated heterocycles. The molecule has 1 aromatic carbocycles. The number of nitro benzene ring substituents is 1. The third kappa shape index (κ3) is 2.20. The summed E-state index contributed by atoms with van der Waals surface area (Å²) in [4.78, 5) is 9.97. The van der Waals surface area contributed by atoms with Crippen molar-refractivity contribution in [3.05, 3.63) is 27.8 Å². The van der Waals surface area contributed by atoms with Crippen LogP contribution >= 0.6 is 0 Å². The number of hydrogen-bond acceptors (Lipinski definition) is 6. The number of nitrogens with zero attached hydrogens (tertiary/aromatic N) is 1. The lowest BCUT2D eigenvalue weighted by atomic mass is 10.1. The van der Waals surface area contributed by atoms with Crippen molar-refractivity contribution in [1.29, 1.82) is 0 Å². The summed E-state index contributed by atoms with van der Waals surface area (Å²) >= 11 is 0. The first-order chi connectivity index (χ1) is 7.51. The number of nitro groups is 1. The van der Waals surface area contributed by atoms with E-state index in [9.17, 15) is 15.2 Å². The van der Waals surface area contributed by atoms with Gasteiger partial charge in [-0.05, 0) is 11.6 Å². The molecule has 0 saturated carbocycles. The molecule has 7 heteroatoms. The van der Waals surface area contributed by atoms with Crippen LogP contribution in [0.3, 0.4) is 0 Å². The highest BCUT2D eigenvalue weighted by Crippen LogP contribution is 2.37. The van der Waals surface area contributed by atoms with E-state index in [4.69, 9.17) is 16.2 Å². The fourth-order valence-electron chi connectivity index (χ4n) is 1.26. The standard InChI is InChI=1S/C9H13N3O4/c1-16-8-3-5(6(11)4-10)2-7(9(8)13)12(14)15/h2-3,6,13H,4,10-11H2,1H3/t6-/m0/s1. The first kappa shape index (κ1) is 12.2. The van der Waals surface area contributed by atoms with Gasteiger partial charge in [0.2, 0.25) is 5.75 Å². The van der Waals surface area contributed by atoms with Crippen LogP contribution in [0, 0.1) is 10.1 Å². The van der Waals surface area contributed by atoms with Crippen molar-refractivity contribution >= 4 is 5.69 Å². The van der Waals surface area contributed by atoms with E-state index in [-0.39, 0.29) is 12.3 Å². The number of phenols is 1. The van der Waals surface area contributed by atoms with Gasteiger partial charge in [-0.15, -0.1) is 0 Å². The van der Waals surface area contributed by atoms with Crippen LogP contribution < -0.4 is 16.2 Å². The van der Waals surface area contributed by atoms with Crippen LogP contribution in [0.15, 0.2) is 12.1 Å². The molecule has 0 aliphatic carbocycles. The van der Waals surface area contributed by atoms with Crippen molar-refractivity contribution in [3.63, 3.8) is 0 Å². The van der Waals surface area contributed by atoms with Gasteiger partial charge in [-0.1, -0.05) is 0 Å². The van der Waals surface area contributed by atoms with Gasteiger partial charge in [0, 0.05) is 18.7 Å². The van der Waals surface area contributed by atoms with E-state index in [1.54, 1.807) is 0 Å². The van der Waals surface area contributed by atoms with E-state index >= 15 is 0 Å². The number of benzene rings is 1. The summed E-state index contributed by atoms with van der Waals surface area (Å²) in [6.45, 7) is 0.144. The average Bonchev–Trinajstić information content (AvgIpc) is 2.27. The summed E-state index contributed by atoms with van der Waals surface area (Å²) in [5.41, 5.74) is 11.0. The molecule has 0 aliphatic heterocycles. The molecule has 88 valence electrons. The zero-order valence-electron chi connectivity index (χ0n) is 8.71. The smallest absolute Gasteiger partial charge is 0.314 e. The fraction of sp³-hybridized carbons (Fsp3) is 0.333. The number of ether oxygens (including phenoxy) is 1. The lowest BCUT2D eigenvalue weighted by molar-refractivity contribution is -0.386. The van der Waals surface area contributed by atoms with E-state index in [0.29, 0.717) is 5.56 Å². The number of phenolic OH excluding ortho intramolecular Hbond substituents is 1. The molecular formula is C9H13N3O4. The second-order valence-electron chi connectivity index (χ2n) is 3.19. The zero-order chi connectivity index (χ0) is 12.3. The normalized spacial score (nSPS) is 12.2. The van der Waals surface area contributed by atoms with Crippen molar-refractivity contribution < 1.29 is 14.8 Å². The largest absolute Gasteiger partial charge is 0.500 e. The summed E-state index contributed by atoms with van der Waals surface area (Å²) in [5, 5.41) is 20.2. The van der Waals surface area contributed by atoms with Gasteiger partial charge >= 0.3 is 5.69 Å². The third-order valence-corrected chi connectivity index (χ3v) is 2.18. The van der Waals surface area contributed by atoms with Crippen molar-refractivity contribution in [2.75, 3.05) is 13.7 Å². The summed E-state index contributed by atoms with van der Waals surface area (Å²) in [6, 6.07) is 2.09. The molecule has 1 rings (SSSR count). The van der Waals surface area contributed by atoms with Gasteiger partial charge in [0.05, 0.1) is 12.0 Å². The fourth-order valence-corrected chi connectivity index (χ4v) is 1.26. The van der Waals surface area contributed by atoms with Crippen LogP contribution in [-0.2, 0) is 0 Å². The van der Waals surface area contributed by atoms with E-state index in [2.05, 4.69) is 0 Å². The van der Waals surface area contributed by atoms with Crippen molar-refractivity contribution in [1.82, 2.24) is 0 Å². The van der Waals surface area contributed by atoms with Crippen molar-refractivity contribution in [2.24, 2.45) is 11.5 Å². The molecule has 0 bridgehead atoms. The molecule has 0 radical (unpaired) electrons. The molecule has 1 atom stereocenters. The lowest BCUT2D eigenvalue weighted by Crippen LogP contribution is -2.20. The third-order valence-electron chi connectivity index (χ3n) is 2.18. The average molecular weight is 227 g/mol. The Kier molecular flexibility index (Phi) is 3.64. The highest BCUT2D eigenvalue weighted by molar-refractivity contribution is 5.57. The van der Waals surface area contributed by atoms with Gasteiger partial charge in [-0.25, -0.2) is 0 Å². The van der Waals surface area contributed by atoms with Crippen LogP contribution in [0.2, 0.25) is 0 Å². The molecule has 1 aromatic rings. The predicted octanol–water partition coefficient (Wildman–Crippen LogP) is 0.267. The van der Waals surface area contributed by atoms with Crippen molar-refractivity contribution in [3.8, 4) is 11.5 Å². The zero-order valence-corrected chi connectivity index (χ0v) is 8.71. The maximum absolute atomic E-state index is 10.7. The maximum atomic E-state index is 10.7. The van der Waals surface area contributed by atoms with Crippen LogP contribution in [-0.4, -0.2) is 23.7 Å². The first-order valence-electron chi connectivity index (χ1n) is 4.52. The molecule has 16 heavy (non-hydrogen) atoms. The number of aromatic hydroxyl groups is 1. The number of nitrogens with two attached hydrogens (primary N) is 2. The molecule has 7 nitrogen and oxygen atoms in total. The summed E-state index contributed by atoms with van der Waals surface area (Å²) < 4.78 is 4.82. The van der Waals surface area contributed by atoms with Crippen LogP contribution in [0.4, 0.5) is 5.69 Å². The highest BCUT2D eigenvalue weighted by Gasteiger charge is 2.21. The Balaban J connectivity index is 3.34. The molecule has 0 fully saturated rings. The first-order valence-corrected chi connectivity index (χ1v) is 4.52. The van der Waals surface area contributed by atoms with E-state index in [1.165, 1.54) is 19.2 Å². The summed E-state index contributed by atoms with van der Waals surface area (Å²) in [7, 11) is 1.30. The van der Waals surface area contributed by atoms with E-state index in [0.717, 1.165) is 0 Å². The van der Waals surface area contributed by atoms with Crippen LogP contribution in [0.1, 0.15) is 11.6 Å². The molecule has 0 unspecified atom stereocenters. The van der Waals surface area contributed by atoms with Crippen LogP contribution in [0.25, 0.3) is 0 Å². The monoisotopic (exact) mass is 227 g/mol. The Morgan fingerprint density at radius 1 is 1.62 bits per heavy atom. The predicted molar refractivity (Wildman–Crippen MR) is 57.3 cm³/mol. The SMILES string of the molecule is COc1cc([C@@H](N)CN)cc([N+](=O)[O-])c1O. The van der Waals surface area contributed by atoms with Gasteiger partial charge in [-0.3, -0.25) is 10.1 Å². The van der Waals surface area contributed by atoms with Crippen molar-refractivity contribution in [2.45, 2.75) is 6.04 Å². The van der Waals surface area contributed by atoms with E-state index in [1.807, 2.05) is 0 Å². The minimum Gasteiger partial charge on any atom is -0.500 e. The number of methoxy groups -OCH3 is 1. The second-order valence-corrected chi connectivity index (χ2v) is 3.19. The summed E-state index contributed by atoms with van der Waals surface area (Å²) in [6.07, 6.45) is 0. The van der Waals surface area contributed by atoms with Gasteiger partial charge in [0.25, 0.3) is 0 Å². The molecule has 5 N–H and O–H groups in total. The van der Waals surface area contributed by atoms with Gasteiger partial charge in [0.1, 0.15) is 0 Å². The Labute approximate surface area is 91.8 Å². The minimum absolute atomic E-state index is 0.00750. The number of rotatable bonds is 4. The lowest BCUT2D eigenvalue weighted by Gasteiger charge is -2.11. The van der Waals surface area contributed by atoms with Gasteiger partial charge in [0.15, 0.2) is 5.75 Å². The number of hydrogen-bond donors (Lipinski definition) is 3. The molecular weight excluding hydrogens is 214 g/mol. The Morgan fingerprint density at radius 2 is 2.25 bits per heavy atom.